The van der Waals surface area contributed by atoms with E-state index in [0.717, 1.165) is 10.4 Å². The van der Waals surface area contributed by atoms with Crippen molar-refractivity contribution < 1.29 is 21.6 Å². The van der Waals surface area contributed by atoms with Crippen LogP contribution < -0.4 is 11.1 Å². The van der Waals surface area contributed by atoms with E-state index in [2.05, 4.69) is 10.3 Å². The largest absolute Gasteiger partial charge is 0.416 e. The maximum atomic E-state index is 12.6. The third-order valence-electron chi connectivity index (χ3n) is 2.39. The van der Waals surface area contributed by atoms with Crippen LogP contribution in [0.2, 0.25) is 0 Å². The summed E-state index contributed by atoms with van der Waals surface area (Å²) in [6.45, 7) is -0.0751. The van der Waals surface area contributed by atoms with Gasteiger partial charge in [0.2, 0.25) is 10.0 Å². The lowest BCUT2D eigenvalue weighted by Crippen LogP contribution is -2.28. The number of nitrogens with zero attached hydrogens (tertiary/aromatic N) is 2. The topological polar surface area (TPSA) is 88.3 Å². The Hall–Kier alpha value is -1.55. The minimum atomic E-state index is -4.54. The number of nitrogens with one attached hydrogen (secondary N) is 1. The van der Waals surface area contributed by atoms with Gasteiger partial charge in [-0.05, 0) is 12.1 Å². The molecule has 10 heteroatoms. The number of hydrogen-bond donors (Lipinski definition) is 2. The third kappa shape index (κ3) is 4.53. The van der Waals surface area contributed by atoms with E-state index in [4.69, 9.17) is 5.73 Å². The molecule has 0 atom stereocenters. The molecule has 0 aliphatic carbocycles. The Balaban J connectivity index is 2.77. The molecule has 3 N–H and O–H groups in total. The predicted octanol–water partition coefficient (Wildman–Crippen LogP) is 0.986. The average Bonchev–Trinajstić information content (AvgIpc) is 2.26. The number of rotatable bonds is 5. The highest BCUT2D eigenvalue weighted by molar-refractivity contribution is 7.89. The molecule has 0 bridgehead atoms. The Kier molecular flexibility index (Phi) is 4.81. The lowest BCUT2D eigenvalue weighted by Gasteiger charge is -2.13. The molecule has 0 fully saturated rings. The monoisotopic (exact) mass is 312 g/mol. The molecule has 0 unspecified atom stereocenters. The van der Waals surface area contributed by atoms with E-state index >= 15 is 0 Å². The molecule has 1 heterocycles. The van der Waals surface area contributed by atoms with Gasteiger partial charge in [0.1, 0.15) is 11.6 Å². The fourth-order valence-electron chi connectivity index (χ4n) is 1.30. The van der Waals surface area contributed by atoms with Crippen molar-refractivity contribution >= 4 is 21.7 Å². The van der Waals surface area contributed by atoms with Crippen LogP contribution in [0.3, 0.4) is 0 Å². The van der Waals surface area contributed by atoms with Gasteiger partial charge in [0.15, 0.2) is 0 Å². The quantitative estimate of drug-likeness (QED) is 0.846. The Morgan fingerprint density at radius 1 is 1.35 bits per heavy atom. The molecule has 0 aromatic carbocycles. The van der Waals surface area contributed by atoms with Crippen molar-refractivity contribution in [2.24, 2.45) is 0 Å². The number of sulfonamides is 1. The molecule has 0 aliphatic rings. The van der Waals surface area contributed by atoms with Crippen molar-refractivity contribution in [2.75, 3.05) is 37.4 Å². The first-order valence-corrected chi connectivity index (χ1v) is 7.12. The summed E-state index contributed by atoms with van der Waals surface area (Å²) < 4.78 is 61.6. The number of hydrogen-bond acceptors (Lipinski definition) is 5. The maximum absolute atomic E-state index is 12.6. The number of anilines is 2. The second-order valence-electron chi connectivity index (χ2n) is 4.19. The highest BCUT2D eigenvalue weighted by Gasteiger charge is 2.31. The van der Waals surface area contributed by atoms with Crippen molar-refractivity contribution in [3.8, 4) is 0 Å². The molecule has 20 heavy (non-hydrogen) atoms. The van der Waals surface area contributed by atoms with Crippen LogP contribution in [-0.2, 0) is 16.2 Å². The predicted molar refractivity (Wildman–Crippen MR) is 69.6 cm³/mol. The van der Waals surface area contributed by atoms with Gasteiger partial charge in [-0.1, -0.05) is 0 Å². The highest BCUT2D eigenvalue weighted by atomic mass is 32.2. The van der Waals surface area contributed by atoms with E-state index in [1.807, 2.05) is 0 Å². The Labute approximate surface area is 114 Å². The first-order chi connectivity index (χ1) is 9.02. The van der Waals surface area contributed by atoms with Gasteiger partial charge in [-0.15, -0.1) is 0 Å². The third-order valence-corrected chi connectivity index (χ3v) is 4.23. The summed E-state index contributed by atoms with van der Waals surface area (Å²) in [5.41, 5.74) is 4.34. The number of nitrogens with two attached hydrogens (primary N) is 1. The first kappa shape index (κ1) is 16.5. The van der Waals surface area contributed by atoms with E-state index < -0.39 is 21.8 Å². The van der Waals surface area contributed by atoms with E-state index in [1.54, 1.807) is 0 Å². The fraction of sp³-hybridized carbons (Fsp3) is 0.500. The summed E-state index contributed by atoms with van der Waals surface area (Å²) in [6, 6.07) is 1.49. The average molecular weight is 312 g/mol. The van der Waals surface area contributed by atoms with E-state index in [9.17, 15) is 21.6 Å². The van der Waals surface area contributed by atoms with Crippen molar-refractivity contribution in [3.63, 3.8) is 0 Å². The Bertz CT molecular complexity index is 572. The number of aromatic nitrogens is 1. The summed E-state index contributed by atoms with van der Waals surface area (Å²) in [7, 11) is -0.686. The minimum absolute atomic E-state index is 0.0751. The van der Waals surface area contributed by atoms with Crippen molar-refractivity contribution in [1.29, 1.82) is 0 Å². The molecule has 1 rings (SSSR count). The van der Waals surface area contributed by atoms with Gasteiger partial charge >= 0.3 is 6.18 Å². The maximum Gasteiger partial charge on any atom is 0.416 e. The SMILES string of the molecule is CN(C)S(=O)(=O)CCNc1cc(C(F)(F)F)cc(N)n1. The van der Waals surface area contributed by atoms with Crippen molar-refractivity contribution in [3.05, 3.63) is 17.7 Å². The number of alkyl halides is 3. The minimum Gasteiger partial charge on any atom is -0.384 e. The van der Waals surface area contributed by atoms with Crippen LogP contribution in [0, 0.1) is 0 Å². The summed E-state index contributed by atoms with van der Waals surface area (Å²) in [5, 5.41) is 2.51. The normalized spacial score (nSPS) is 12.7. The first-order valence-electron chi connectivity index (χ1n) is 5.51. The molecule has 0 amide bonds. The van der Waals surface area contributed by atoms with Gasteiger partial charge in [0, 0.05) is 20.6 Å². The van der Waals surface area contributed by atoms with E-state index in [-0.39, 0.29) is 23.9 Å². The van der Waals surface area contributed by atoms with Gasteiger partial charge in [-0.2, -0.15) is 13.2 Å². The van der Waals surface area contributed by atoms with Crippen LogP contribution in [0.1, 0.15) is 5.56 Å². The zero-order chi connectivity index (χ0) is 15.6. The van der Waals surface area contributed by atoms with Crippen LogP contribution in [0.25, 0.3) is 0 Å². The van der Waals surface area contributed by atoms with Crippen LogP contribution in [0.15, 0.2) is 12.1 Å². The second-order valence-corrected chi connectivity index (χ2v) is 6.49. The summed E-state index contributed by atoms with van der Waals surface area (Å²) in [6.07, 6.45) is -4.54. The number of pyridine rings is 1. The smallest absolute Gasteiger partial charge is 0.384 e. The molecule has 0 aliphatic heterocycles. The van der Waals surface area contributed by atoms with E-state index in [0.29, 0.717) is 6.07 Å². The number of halogens is 3. The van der Waals surface area contributed by atoms with Gasteiger partial charge in [-0.3, -0.25) is 0 Å². The lowest BCUT2D eigenvalue weighted by molar-refractivity contribution is -0.137. The standard InChI is InChI=1S/C10H15F3N4O2S/c1-17(2)20(18,19)4-3-15-9-6-7(10(11,12)13)5-8(14)16-9/h5-6H,3-4H2,1-2H3,(H3,14,15,16). The zero-order valence-electron chi connectivity index (χ0n) is 10.9. The Morgan fingerprint density at radius 2 is 1.95 bits per heavy atom. The van der Waals surface area contributed by atoms with Crippen LogP contribution in [0.4, 0.5) is 24.8 Å². The molecule has 0 saturated heterocycles. The van der Waals surface area contributed by atoms with Gasteiger partial charge in [-0.25, -0.2) is 17.7 Å². The summed E-state index contributed by atoms with van der Waals surface area (Å²) >= 11 is 0. The number of nitrogen functional groups attached to an aromatic ring is 1. The van der Waals surface area contributed by atoms with E-state index in [1.165, 1.54) is 14.1 Å². The van der Waals surface area contributed by atoms with Gasteiger partial charge in [0.05, 0.1) is 11.3 Å². The molecule has 114 valence electrons. The van der Waals surface area contributed by atoms with Crippen LogP contribution in [-0.4, -0.2) is 44.1 Å². The molecular weight excluding hydrogens is 297 g/mol. The summed E-state index contributed by atoms with van der Waals surface area (Å²) in [5.74, 6) is -0.679. The highest BCUT2D eigenvalue weighted by Crippen LogP contribution is 2.31. The second kappa shape index (κ2) is 5.83. The molecule has 0 spiro atoms. The summed E-state index contributed by atoms with van der Waals surface area (Å²) in [4.78, 5) is 3.67. The lowest BCUT2D eigenvalue weighted by atomic mass is 10.2. The molecule has 0 saturated carbocycles. The fourth-order valence-corrected chi connectivity index (χ4v) is 2.02. The molecular formula is C10H15F3N4O2S. The molecule has 1 aromatic rings. The molecule has 0 radical (unpaired) electrons. The Morgan fingerprint density at radius 3 is 2.45 bits per heavy atom. The van der Waals surface area contributed by atoms with Crippen LogP contribution >= 0.6 is 0 Å². The zero-order valence-corrected chi connectivity index (χ0v) is 11.7. The molecule has 1 aromatic heterocycles. The molecule has 6 nitrogen and oxygen atoms in total. The van der Waals surface area contributed by atoms with Crippen molar-refractivity contribution in [2.45, 2.75) is 6.18 Å². The van der Waals surface area contributed by atoms with Gasteiger partial charge in [0.25, 0.3) is 0 Å². The van der Waals surface area contributed by atoms with Crippen molar-refractivity contribution in [1.82, 2.24) is 9.29 Å². The van der Waals surface area contributed by atoms with Gasteiger partial charge < -0.3 is 11.1 Å². The van der Waals surface area contributed by atoms with Crippen LogP contribution in [0.5, 0.6) is 0 Å².